The normalized spacial score (nSPS) is 23.1. The zero-order chi connectivity index (χ0) is 14.7. The highest BCUT2D eigenvalue weighted by Crippen LogP contribution is 2.31. The monoisotopic (exact) mass is 278 g/mol. The summed E-state index contributed by atoms with van der Waals surface area (Å²) in [5, 5.41) is 9.61. The molecule has 5 nitrogen and oxygen atoms in total. The number of anilines is 1. The van der Waals surface area contributed by atoms with Gasteiger partial charge in [0.15, 0.2) is 0 Å². The molecule has 1 aliphatic rings. The van der Waals surface area contributed by atoms with Gasteiger partial charge in [0.2, 0.25) is 0 Å². The largest absolute Gasteiger partial charge is 0.396 e. The molecule has 1 aromatic rings. The summed E-state index contributed by atoms with van der Waals surface area (Å²) in [4.78, 5) is 13.1. The van der Waals surface area contributed by atoms with E-state index in [-0.39, 0.29) is 6.61 Å². The van der Waals surface area contributed by atoms with Gasteiger partial charge < -0.3 is 14.9 Å². The first-order valence-electron chi connectivity index (χ1n) is 7.33. The molecular formula is C15H26N4O. The highest BCUT2D eigenvalue weighted by molar-refractivity contribution is 5.48. The number of hydrogen-bond acceptors (Lipinski definition) is 5. The van der Waals surface area contributed by atoms with Gasteiger partial charge in [-0.3, -0.25) is 0 Å². The van der Waals surface area contributed by atoms with Gasteiger partial charge >= 0.3 is 0 Å². The first kappa shape index (κ1) is 15.2. The van der Waals surface area contributed by atoms with E-state index >= 15 is 0 Å². The molecule has 0 saturated carbocycles. The number of rotatable bonds is 5. The van der Waals surface area contributed by atoms with E-state index in [1.54, 1.807) is 6.33 Å². The van der Waals surface area contributed by atoms with Crippen LogP contribution in [-0.2, 0) is 0 Å². The standard InChI is InChI=1S/C15H26N4O/c1-11(2)14-5-16-10-17-15(14)19-7-12(6-18(3)4)13(8-19)9-20/h5,10-13,20H,6-9H2,1-4H3/t12-,13-/m1/s1. The summed E-state index contributed by atoms with van der Waals surface area (Å²) >= 11 is 0. The SMILES string of the molecule is CC(C)c1cncnc1N1C[C@@H](CN(C)C)[C@@H](CO)C1. The number of aliphatic hydroxyl groups excluding tert-OH is 1. The van der Waals surface area contributed by atoms with Gasteiger partial charge in [-0.15, -0.1) is 0 Å². The summed E-state index contributed by atoms with van der Waals surface area (Å²) < 4.78 is 0. The molecule has 20 heavy (non-hydrogen) atoms. The van der Waals surface area contributed by atoms with Crippen LogP contribution in [0.25, 0.3) is 0 Å². The zero-order valence-corrected chi connectivity index (χ0v) is 13.0. The Morgan fingerprint density at radius 2 is 2.05 bits per heavy atom. The summed E-state index contributed by atoms with van der Waals surface area (Å²) in [7, 11) is 4.17. The van der Waals surface area contributed by atoms with E-state index in [0.717, 1.165) is 25.5 Å². The van der Waals surface area contributed by atoms with E-state index in [1.807, 2.05) is 6.20 Å². The molecule has 1 aliphatic heterocycles. The van der Waals surface area contributed by atoms with E-state index in [2.05, 4.69) is 47.7 Å². The van der Waals surface area contributed by atoms with Crippen LogP contribution in [0.1, 0.15) is 25.3 Å². The minimum atomic E-state index is 0.247. The predicted octanol–water partition coefficient (Wildman–Crippen LogP) is 1.21. The molecule has 0 aromatic carbocycles. The first-order chi connectivity index (χ1) is 9.52. The Kier molecular flexibility index (Phi) is 4.94. The van der Waals surface area contributed by atoms with E-state index in [9.17, 15) is 5.11 Å². The van der Waals surface area contributed by atoms with Gasteiger partial charge in [0, 0.05) is 43.9 Å². The second-order valence-electron chi connectivity index (χ2n) is 6.33. The van der Waals surface area contributed by atoms with Crippen molar-refractivity contribution in [2.75, 3.05) is 45.2 Å². The molecule has 5 heteroatoms. The van der Waals surface area contributed by atoms with E-state index in [0.29, 0.717) is 17.8 Å². The summed E-state index contributed by atoms with van der Waals surface area (Å²) in [6.45, 7) is 7.42. The number of nitrogens with zero attached hydrogens (tertiary/aromatic N) is 4. The van der Waals surface area contributed by atoms with Crippen molar-refractivity contribution in [1.82, 2.24) is 14.9 Å². The Bertz CT molecular complexity index is 436. The van der Waals surface area contributed by atoms with Crippen LogP contribution in [0.15, 0.2) is 12.5 Å². The lowest BCUT2D eigenvalue weighted by molar-refractivity contribution is 0.185. The molecule has 0 amide bonds. The molecule has 0 spiro atoms. The number of aromatic nitrogens is 2. The molecule has 1 saturated heterocycles. The minimum absolute atomic E-state index is 0.247. The van der Waals surface area contributed by atoms with Crippen molar-refractivity contribution in [2.24, 2.45) is 11.8 Å². The molecule has 1 aromatic heterocycles. The van der Waals surface area contributed by atoms with Crippen LogP contribution < -0.4 is 4.90 Å². The Balaban J connectivity index is 2.18. The summed E-state index contributed by atoms with van der Waals surface area (Å²) in [6, 6.07) is 0. The molecule has 2 atom stereocenters. The van der Waals surface area contributed by atoms with E-state index in [1.165, 1.54) is 5.56 Å². The van der Waals surface area contributed by atoms with Gasteiger partial charge in [0.05, 0.1) is 0 Å². The fourth-order valence-electron chi connectivity index (χ4n) is 3.00. The topological polar surface area (TPSA) is 52.5 Å². The Labute approximate surface area is 121 Å². The predicted molar refractivity (Wildman–Crippen MR) is 81.0 cm³/mol. The van der Waals surface area contributed by atoms with Crippen molar-refractivity contribution in [3.05, 3.63) is 18.1 Å². The van der Waals surface area contributed by atoms with Crippen molar-refractivity contribution >= 4 is 5.82 Å². The van der Waals surface area contributed by atoms with Crippen LogP contribution in [-0.4, -0.2) is 60.3 Å². The Hall–Kier alpha value is -1.20. The second kappa shape index (κ2) is 6.50. The molecule has 2 heterocycles. The highest BCUT2D eigenvalue weighted by Gasteiger charge is 2.34. The summed E-state index contributed by atoms with van der Waals surface area (Å²) in [6.07, 6.45) is 3.54. The smallest absolute Gasteiger partial charge is 0.135 e. The van der Waals surface area contributed by atoms with Gasteiger partial charge in [-0.1, -0.05) is 13.8 Å². The average molecular weight is 278 g/mol. The van der Waals surface area contributed by atoms with E-state index < -0.39 is 0 Å². The van der Waals surface area contributed by atoms with Crippen molar-refractivity contribution < 1.29 is 5.11 Å². The van der Waals surface area contributed by atoms with Crippen LogP contribution in [0.3, 0.4) is 0 Å². The Morgan fingerprint density at radius 3 is 2.65 bits per heavy atom. The minimum Gasteiger partial charge on any atom is -0.396 e. The molecule has 0 bridgehead atoms. The highest BCUT2D eigenvalue weighted by atomic mass is 16.3. The maximum Gasteiger partial charge on any atom is 0.135 e. The first-order valence-corrected chi connectivity index (χ1v) is 7.33. The van der Waals surface area contributed by atoms with Gasteiger partial charge in [0.1, 0.15) is 12.1 Å². The van der Waals surface area contributed by atoms with Gasteiger partial charge in [-0.2, -0.15) is 0 Å². The lowest BCUT2D eigenvalue weighted by Gasteiger charge is -2.22. The maximum atomic E-state index is 9.61. The van der Waals surface area contributed by atoms with Gasteiger partial charge in [0.25, 0.3) is 0 Å². The Morgan fingerprint density at radius 1 is 1.35 bits per heavy atom. The fraction of sp³-hybridized carbons (Fsp3) is 0.733. The maximum absolute atomic E-state index is 9.61. The third kappa shape index (κ3) is 3.27. The summed E-state index contributed by atoms with van der Waals surface area (Å²) in [5.74, 6) is 2.26. The zero-order valence-electron chi connectivity index (χ0n) is 13.0. The van der Waals surface area contributed by atoms with Gasteiger partial charge in [-0.25, -0.2) is 9.97 Å². The third-order valence-electron chi connectivity index (χ3n) is 4.05. The number of aliphatic hydroxyl groups is 1. The molecule has 112 valence electrons. The van der Waals surface area contributed by atoms with Crippen LogP contribution >= 0.6 is 0 Å². The average Bonchev–Trinajstić information content (AvgIpc) is 2.80. The van der Waals surface area contributed by atoms with E-state index in [4.69, 9.17) is 0 Å². The molecule has 2 rings (SSSR count). The lowest BCUT2D eigenvalue weighted by atomic mass is 9.97. The van der Waals surface area contributed by atoms with Crippen LogP contribution in [0.5, 0.6) is 0 Å². The molecule has 1 N–H and O–H groups in total. The quantitative estimate of drug-likeness (QED) is 0.877. The van der Waals surface area contributed by atoms with Crippen LogP contribution in [0.4, 0.5) is 5.82 Å². The fourth-order valence-corrected chi connectivity index (χ4v) is 3.00. The van der Waals surface area contributed by atoms with Crippen LogP contribution in [0, 0.1) is 11.8 Å². The number of hydrogen-bond donors (Lipinski definition) is 1. The molecule has 0 unspecified atom stereocenters. The van der Waals surface area contributed by atoms with Crippen molar-refractivity contribution in [3.8, 4) is 0 Å². The molecular weight excluding hydrogens is 252 g/mol. The van der Waals surface area contributed by atoms with Crippen molar-refractivity contribution in [1.29, 1.82) is 0 Å². The molecule has 0 aliphatic carbocycles. The molecule has 1 fully saturated rings. The van der Waals surface area contributed by atoms with Gasteiger partial charge in [-0.05, 0) is 25.9 Å². The lowest BCUT2D eigenvalue weighted by Crippen LogP contribution is -2.28. The van der Waals surface area contributed by atoms with Crippen molar-refractivity contribution in [3.63, 3.8) is 0 Å². The second-order valence-corrected chi connectivity index (χ2v) is 6.33. The van der Waals surface area contributed by atoms with Crippen LogP contribution in [0.2, 0.25) is 0 Å². The summed E-state index contributed by atoms with van der Waals surface area (Å²) in [5.41, 5.74) is 1.19. The third-order valence-corrected chi connectivity index (χ3v) is 4.05. The van der Waals surface area contributed by atoms with Crippen molar-refractivity contribution in [2.45, 2.75) is 19.8 Å². The molecule has 0 radical (unpaired) electrons.